The molecule has 0 amide bonds. The van der Waals surface area contributed by atoms with Gasteiger partial charge in [-0.2, -0.15) is 4.31 Å². The van der Waals surface area contributed by atoms with Crippen molar-refractivity contribution in [3.8, 4) is 0 Å². The van der Waals surface area contributed by atoms with Gasteiger partial charge in [0.15, 0.2) is 0 Å². The summed E-state index contributed by atoms with van der Waals surface area (Å²) in [6.45, 7) is 4.76. The van der Waals surface area contributed by atoms with Gasteiger partial charge in [-0.1, -0.05) is 6.07 Å². The van der Waals surface area contributed by atoms with Gasteiger partial charge in [-0.25, -0.2) is 8.42 Å². The summed E-state index contributed by atoms with van der Waals surface area (Å²) >= 11 is 0. The van der Waals surface area contributed by atoms with Gasteiger partial charge in [0.25, 0.3) is 0 Å². The fraction of sp³-hybridized carbons (Fsp3) is 0.500. The summed E-state index contributed by atoms with van der Waals surface area (Å²) < 4.78 is 26.2. The molecule has 4 nitrogen and oxygen atoms in total. The van der Waals surface area contributed by atoms with Crippen LogP contribution in [0.5, 0.6) is 0 Å². The van der Waals surface area contributed by atoms with Crippen molar-refractivity contribution >= 4 is 10.0 Å². The molecule has 0 spiro atoms. The Kier molecular flexibility index (Phi) is 3.25. The Hall–Kier alpha value is -0.910. The van der Waals surface area contributed by atoms with Crippen LogP contribution in [0.3, 0.4) is 0 Å². The Morgan fingerprint density at radius 3 is 2.29 bits per heavy atom. The Bertz CT molecular complexity index is 505. The van der Waals surface area contributed by atoms with Crippen LogP contribution in [0.4, 0.5) is 0 Å². The van der Waals surface area contributed by atoms with E-state index in [4.69, 9.17) is 5.73 Å². The number of aryl methyl sites for hydroxylation is 2. The van der Waals surface area contributed by atoms with E-state index >= 15 is 0 Å². The van der Waals surface area contributed by atoms with E-state index in [1.165, 1.54) is 4.31 Å². The molecule has 0 aliphatic carbocycles. The zero-order chi connectivity index (χ0) is 12.6. The van der Waals surface area contributed by atoms with E-state index in [2.05, 4.69) is 0 Å². The van der Waals surface area contributed by atoms with Gasteiger partial charge in [-0.15, -0.1) is 0 Å². The first-order chi connectivity index (χ1) is 7.89. The van der Waals surface area contributed by atoms with E-state index in [1.807, 2.05) is 19.9 Å². The summed E-state index contributed by atoms with van der Waals surface area (Å²) in [4.78, 5) is 0.379. The molecule has 1 aliphatic heterocycles. The molecule has 1 fully saturated rings. The molecule has 1 saturated heterocycles. The van der Waals surface area contributed by atoms with Crippen LogP contribution < -0.4 is 5.73 Å². The highest BCUT2D eigenvalue weighted by Gasteiger charge is 2.30. The number of sulfonamides is 1. The van der Waals surface area contributed by atoms with Gasteiger partial charge in [-0.3, -0.25) is 0 Å². The third kappa shape index (κ3) is 2.51. The Balaban J connectivity index is 2.38. The zero-order valence-corrected chi connectivity index (χ0v) is 11.0. The molecule has 0 aromatic heterocycles. The van der Waals surface area contributed by atoms with Crippen molar-refractivity contribution < 1.29 is 8.42 Å². The van der Waals surface area contributed by atoms with Crippen LogP contribution in [-0.4, -0.2) is 31.9 Å². The van der Waals surface area contributed by atoms with Crippen molar-refractivity contribution in [3.05, 3.63) is 29.3 Å². The van der Waals surface area contributed by atoms with Gasteiger partial charge in [0.2, 0.25) is 10.0 Å². The van der Waals surface area contributed by atoms with Gasteiger partial charge in [0.1, 0.15) is 0 Å². The van der Waals surface area contributed by atoms with Crippen molar-refractivity contribution in [3.63, 3.8) is 0 Å². The van der Waals surface area contributed by atoms with Crippen LogP contribution in [0.15, 0.2) is 23.1 Å². The molecule has 1 aliphatic rings. The fourth-order valence-electron chi connectivity index (χ4n) is 2.20. The number of benzene rings is 1. The maximum absolute atomic E-state index is 12.4. The summed E-state index contributed by atoms with van der Waals surface area (Å²) in [6.07, 6.45) is 0.740. The minimum atomic E-state index is -3.36. The highest BCUT2D eigenvalue weighted by Crippen LogP contribution is 2.22. The summed E-state index contributed by atoms with van der Waals surface area (Å²) in [5, 5.41) is 0. The Morgan fingerprint density at radius 1 is 1.24 bits per heavy atom. The van der Waals surface area contributed by atoms with Crippen LogP contribution >= 0.6 is 0 Å². The van der Waals surface area contributed by atoms with Crippen molar-refractivity contribution in [2.45, 2.75) is 31.2 Å². The number of nitrogens with zero attached hydrogens (tertiary/aromatic N) is 1. The summed E-state index contributed by atoms with van der Waals surface area (Å²) in [6, 6.07) is 5.36. The predicted octanol–water partition coefficient (Wildman–Crippen LogP) is 1.03. The fourth-order valence-corrected chi connectivity index (χ4v) is 3.90. The van der Waals surface area contributed by atoms with Crippen molar-refractivity contribution in [1.29, 1.82) is 0 Å². The topological polar surface area (TPSA) is 63.4 Å². The minimum Gasteiger partial charge on any atom is -0.326 e. The molecular weight excluding hydrogens is 236 g/mol. The van der Waals surface area contributed by atoms with Crippen LogP contribution in [0, 0.1) is 13.8 Å². The first kappa shape index (κ1) is 12.5. The maximum Gasteiger partial charge on any atom is 0.243 e. The number of nitrogens with two attached hydrogens (primary N) is 1. The summed E-state index contributed by atoms with van der Waals surface area (Å²) in [5.41, 5.74) is 7.68. The molecule has 0 saturated carbocycles. The first-order valence-corrected chi connectivity index (χ1v) is 7.17. The number of rotatable bonds is 2. The Morgan fingerprint density at radius 2 is 1.82 bits per heavy atom. The van der Waals surface area contributed by atoms with Crippen LogP contribution in [0.1, 0.15) is 17.5 Å². The minimum absolute atomic E-state index is 0.0318. The smallest absolute Gasteiger partial charge is 0.243 e. The lowest BCUT2D eigenvalue weighted by Crippen LogP contribution is -2.32. The van der Waals surface area contributed by atoms with E-state index in [-0.39, 0.29) is 6.04 Å². The standard InChI is InChI=1S/C12H18N2O2S/c1-9-5-10(2)7-12(6-9)17(15,16)14-4-3-11(13)8-14/h5-7,11H,3-4,8,13H2,1-2H3. The molecule has 17 heavy (non-hydrogen) atoms. The highest BCUT2D eigenvalue weighted by atomic mass is 32.2. The summed E-state index contributed by atoms with van der Waals surface area (Å²) in [7, 11) is -3.36. The molecule has 2 rings (SSSR count). The summed E-state index contributed by atoms with van der Waals surface area (Å²) in [5.74, 6) is 0. The molecule has 0 radical (unpaired) electrons. The monoisotopic (exact) mass is 254 g/mol. The number of hydrogen-bond acceptors (Lipinski definition) is 3. The molecule has 5 heteroatoms. The van der Waals surface area contributed by atoms with Crippen LogP contribution in [-0.2, 0) is 10.0 Å². The molecule has 1 aromatic rings. The highest BCUT2D eigenvalue weighted by molar-refractivity contribution is 7.89. The van der Waals surface area contributed by atoms with Crippen molar-refractivity contribution in [2.75, 3.05) is 13.1 Å². The second-order valence-electron chi connectivity index (χ2n) is 4.74. The SMILES string of the molecule is Cc1cc(C)cc(S(=O)(=O)N2CCC(N)C2)c1. The zero-order valence-electron chi connectivity index (χ0n) is 10.2. The molecule has 0 bridgehead atoms. The molecule has 94 valence electrons. The van der Waals surface area contributed by atoms with E-state index in [1.54, 1.807) is 12.1 Å². The van der Waals surface area contributed by atoms with E-state index in [0.717, 1.165) is 17.5 Å². The third-order valence-electron chi connectivity index (χ3n) is 3.02. The molecule has 1 aromatic carbocycles. The second-order valence-corrected chi connectivity index (χ2v) is 6.67. The van der Waals surface area contributed by atoms with Crippen molar-refractivity contribution in [1.82, 2.24) is 4.31 Å². The van der Waals surface area contributed by atoms with Crippen molar-refractivity contribution in [2.24, 2.45) is 5.73 Å². The van der Waals surface area contributed by atoms with Crippen LogP contribution in [0.25, 0.3) is 0 Å². The van der Waals surface area contributed by atoms with Gasteiger partial charge < -0.3 is 5.73 Å². The molecular formula is C12H18N2O2S. The largest absolute Gasteiger partial charge is 0.326 e. The lowest BCUT2D eigenvalue weighted by Gasteiger charge is -2.16. The van der Waals surface area contributed by atoms with E-state index in [9.17, 15) is 8.42 Å². The van der Waals surface area contributed by atoms with Gasteiger partial charge >= 0.3 is 0 Å². The molecule has 1 unspecified atom stereocenters. The average molecular weight is 254 g/mol. The number of hydrogen-bond donors (Lipinski definition) is 1. The average Bonchev–Trinajstić information content (AvgIpc) is 2.64. The lowest BCUT2D eigenvalue weighted by molar-refractivity contribution is 0.472. The van der Waals surface area contributed by atoms with Gasteiger partial charge in [0, 0.05) is 19.1 Å². The first-order valence-electron chi connectivity index (χ1n) is 5.73. The predicted molar refractivity (Wildman–Crippen MR) is 67.3 cm³/mol. The Labute approximate surface area is 102 Å². The normalized spacial score (nSPS) is 21.9. The van der Waals surface area contributed by atoms with Gasteiger partial charge in [0.05, 0.1) is 4.90 Å². The second kappa shape index (κ2) is 4.40. The van der Waals surface area contributed by atoms with E-state index < -0.39 is 10.0 Å². The molecule has 1 heterocycles. The quantitative estimate of drug-likeness (QED) is 0.857. The van der Waals surface area contributed by atoms with Crippen LogP contribution in [0.2, 0.25) is 0 Å². The van der Waals surface area contributed by atoms with Gasteiger partial charge in [-0.05, 0) is 43.5 Å². The molecule has 2 N–H and O–H groups in total. The third-order valence-corrected chi connectivity index (χ3v) is 4.86. The lowest BCUT2D eigenvalue weighted by atomic mass is 10.2. The maximum atomic E-state index is 12.4. The van der Waals surface area contributed by atoms with E-state index in [0.29, 0.717) is 18.0 Å². The molecule has 1 atom stereocenters.